The van der Waals surface area contributed by atoms with Crippen LogP contribution in [0.25, 0.3) is 0 Å². The van der Waals surface area contributed by atoms with Crippen LogP contribution < -0.4 is 0 Å². The second-order valence-electron chi connectivity index (χ2n) is 7.89. The van der Waals surface area contributed by atoms with Gasteiger partial charge in [-0.05, 0) is 43.9 Å². The van der Waals surface area contributed by atoms with Gasteiger partial charge in [0.15, 0.2) is 0 Å². The van der Waals surface area contributed by atoms with Crippen molar-refractivity contribution >= 4 is 15.9 Å². The molecule has 158 valence electrons. The van der Waals surface area contributed by atoms with Crippen LogP contribution in [0.4, 0.5) is 0 Å². The highest BCUT2D eigenvalue weighted by atomic mass is 32.2. The number of piperazine rings is 1. The molecule has 3 rings (SSSR count). The average Bonchev–Trinajstić information content (AvgIpc) is 2.98. The molecule has 1 fully saturated rings. The standard InChI is InChI=1S/C20H29N5O3S/c1-15(2)13-18-5-7-19(8-6-18)29(27,28)24-11-9-23(10-12-24)20(26)14-25-17(4)21-16(3)22-25/h5-8,15H,9-14H2,1-4H3. The summed E-state index contributed by atoms with van der Waals surface area (Å²) in [6.07, 6.45) is 0.923. The molecule has 2 aromatic rings. The van der Waals surface area contributed by atoms with Crippen molar-refractivity contribution in [1.29, 1.82) is 0 Å². The number of hydrogen-bond donors (Lipinski definition) is 0. The van der Waals surface area contributed by atoms with Gasteiger partial charge in [0.05, 0.1) is 4.90 Å². The number of aryl methyl sites for hydroxylation is 2. The Balaban J connectivity index is 1.60. The van der Waals surface area contributed by atoms with Gasteiger partial charge in [0.25, 0.3) is 0 Å². The minimum Gasteiger partial charge on any atom is -0.338 e. The summed E-state index contributed by atoms with van der Waals surface area (Å²) in [5.74, 6) is 1.77. The molecule has 9 heteroatoms. The topological polar surface area (TPSA) is 88.4 Å². The summed E-state index contributed by atoms with van der Waals surface area (Å²) < 4.78 is 28.9. The molecule has 0 aliphatic carbocycles. The predicted molar refractivity (Wildman–Crippen MR) is 110 cm³/mol. The molecule has 0 N–H and O–H groups in total. The van der Waals surface area contributed by atoms with Gasteiger partial charge >= 0.3 is 0 Å². The highest BCUT2D eigenvalue weighted by Crippen LogP contribution is 2.19. The maximum Gasteiger partial charge on any atom is 0.244 e. The number of benzene rings is 1. The molecule has 0 radical (unpaired) electrons. The van der Waals surface area contributed by atoms with Gasteiger partial charge in [-0.15, -0.1) is 0 Å². The minimum absolute atomic E-state index is 0.0758. The third kappa shape index (κ3) is 5.02. The van der Waals surface area contributed by atoms with Gasteiger partial charge in [-0.25, -0.2) is 18.1 Å². The molecule has 1 amide bonds. The van der Waals surface area contributed by atoms with Gasteiger partial charge in [-0.2, -0.15) is 9.40 Å². The Labute approximate surface area is 172 Å². The first-order valence-electron chi connectivity index (χ1n) is 9.91. The lowest BCUT2D eigenvalue weighted by Gasteiger charge is -2.34. The number of sulfonamides is 1. The van der Waals surface area contributed by atoms with Gasteiger partial charge in [0.1, 0.15) is 18.2 Å². The van der Waals surface area contributed by atoms with Gasteiger partial charge in [-0.3, -0.25) is 4.79 Å². The molecule has 0 bridgehead atoms. The number of nitrogens with zero attached hydrogens (tertiary/aromatic N) is 5. The van der Waals surface area contributed by atoms with Crippen LogP contribution in [0.15, 0.2) is 29.2 Å². The zero-order chi connectivity index (χ0) is 21.2. The Hall–Kier alpha value is -2.26. The van der Waals surface area contributed by atoms with Crippen molar-refractivity contribution in [3.05, 3.63) is 41.5 Å². The fraction of sp³-hybridized carbons (Fsp3) is 0.550. The number of hydrogen-bond acceptors (Lipinski definition) is 5. The van der Waals surface area contributed by atoms with E-state index in [0.717, 1.165) is 12.0 Å². The van der Waals surface area contributed by atoms with Crippen LogP contribution in [-0.4, -0.2) is 64.5 Å². The van der Waals surface area contributed by atoms with Crippen LogP contribution in [0.3, 0.4) is 0 Å². The quantitative estimate of drug-likeness (QED) is 0.710. The van der Waals surface area contributed by atoms with E-state index in [1.165, 1.54) is 4.31 Å². The van der Waals surface area contributed by atoms with E-state index < -0.39 is 10.0 Å². The summed E-state index contributed by atoms with van der Waals surface area (Å²) in [5, 5.41) is 4.22. The van der Waals surface area contributed by atoms with Crippen LogP contribution in [0.5, 0.6) is 0 Å². The molecule has 29 heavy (non-hydrogen) atoms. The van der Waals surface area contributed by atoms with Gasteiger partial charge in [-0.1, -0.05) is 26.0 Å². The first-order valence-corrected chi connectivity index (χ1v) is 11.4. The Morgan fingerprint density at radius 2 is 1.69 bits per heavy atom. The molecule has 1 aromatic heterocycles. The summed E-state index contributed by atoms with van der Waals surface area (Å²) in [4.78, 5) is 18.7. The summed E-state index contributed by atoms with van der Waals surface area (Å²) in [5.41, 5.74) is 1.13. The maximum absolute atomic E-state index is 12.9. The third-order valence-electron chi connectivity index (χ3n) is 5.04. The molecule has 1 aromatic carbocycles. The van der Waals surface area contributed by atoms with E-state index in [1.54, 1.807) is 28.6 Å². The second kappa shape index (κ2) is 8.62. The van der Waals surface area contributed by atoms with Crippen LogP contribution in [-0.2, 0) is 27.8 Å². The van der Waals surface area contributed by atoms with Crippen LogP contribution in [0.1, 0.15) is 31.1 Å². The summed E-state index contributed by atoms with van der Waals surface area (Å²) >= 11 is 0. The fourth-order valence-corrected chi connectivity index (χ4v) is 4.96. The van der Waals surface area contributed by atoms with Crippen molar-refractivity contribution in [3.63, 3.8) is 0 Å². The van der Waals surface area contributed by atoms with E-state index in [4.69, 9.17) is 0 Å². The first-order chi connectivity index (χ1) is 13.7. The molecule has 1 aliphatic heterocycles. The summed E-state index contributed by atoms with van der Waals surface area (Å²) in [6, 6.07) is 7.13. The molecule has 0 saturated carbocycles. The lowest BCUT2D eigenvalue weighted by atomic mass is 10.0. The molecule has 2 heterocycles. The van der Waals surface area contributed by atoms with Crippen LogP contribution in [0, 0.1) is 19.8 Å². The molecule has 0 atom stereocenters. The SMILES string of the molecule is Cc1nc(C)n(CC(=O)N2CCN(S(=O)(=O)c3ccc(CC(C)C)cc3)CC2)n1. The van der Waals surface area contributed by atoms with Crippen molar-refractivity contribution < 1.29 is 13.2 Å². The number of rotatable bonds is 6. The predicted octanol–water partition coefficient (Wildman–Crippen LogP) is 1.63. The lowest BCUT2D eigenvalue weighted by molar-refractivity contribution is -0.133. The van der Waals surface area contributed by atoms with Crippen molar-refractivity contribution in [2.24, 2.45) is 5.92 Å². The summed E-state index contributed by atoms with van der Waals surface area (Å²) in [6.45, 7) is 9.31. The van der Waals surface area contributed by atoms with E-state index in [9.17, 15) is 13.2 Å². The van der Waals surface area contributed by atoms with Gasteiger partial charge in [0.2, 0.25) is 15.9 Å². The van der Waals surface area contributed by atoms with Crippen LogP contribution >= 0.6 is 0 Å². The maximum atomic E-state index is 12.9. The van der Waals surface area contributed by atoms with E-state index in [0.29, 0.717) is 35.6 Å². The number of carbonyl (C=O) groups excluding carboxylic acids is 1. The number of carbonyl (C=O) groups is 1. The number of amides is 1. The zero-order valence-electron chi connectivity index (χ0n) is 17.5. The van der Waals surface area contributed by atoms with Crippen molar-refractivity contribution in [2.75, 3.05) is 26.2 Å². The van der Waals surface area contributed by atoms with Gasteiger partial charge in [0, 0.05) is 26.2 Å². The van der Waals surface area contributed by atoms with Crippen molar-refractivity contribution in [2.45, 2.75) is 45.6 Å². The minimum atomic E-state index is -3.55. The first kappa shape index (κ1) is 21.4. The Morgan fingerprint density at radius 1 is 1.07 bits per heavy atom. The lowest BCUT2D eigenvalue weighted by Crippen LogP contribution is -2.51. The second-order valence-corrected chi connectivity index (χ2v) is 9.83. The normalized spacial score (nSPS) is 15.8. The average molecular weight is 420 g/mol. The van der Waals surface area contributed by atoms with Gasteiger partial charge < -0.3 is 4.90 Å². The third-order valence-corrected chi connectivity index (χ3v) is 6.96. The van der Waals surface area contributed by atoms with E-state index >= 15 is 0 Å². The molecule has 1 aliphatic rings. The Morgan fingerprint density at radius 3 is 2.21 bits per heavy atom. The molecule has 1 saturated heterocycles. The van der Waals surface area contributed by atoms with Crippen LogP contribution in [0.2, 0.25) is 0 Å². The van der Waals surface area contributed by atoms with E-state index in [-0.39, 0.29) is 25.5 Å². The fourth-order valence-electron chi connectivity index (χ4n) is 3.54. The summed E-state index contributed by atoms with van der Waals surface area (Å²) in [7, 11) is -3.55. The largest absolute Gasteiger partial charge is 0.338 e. The Bertz CT molecular complexity index is 959. The smallest absolute Gasteiger partial charge is 0.244 e. The highest BCUT2D eigenvalue weighted by Gasteiger charge is 2.30. The number of aromatic nitrogens is 3. The molecular weight excluding hydrogens is 390 g/mol. The molecule has 8 nitrogen and oxygen atoms in total. The Kier molecular flexibility index (Phi) is 6.38. The van der Waals surface area contributed by atoms with Crippen molar-refractivity contribution in [1.82, 2.24) is 24.0 Å². The molecule has 0 unspecified atom stereocenters. The molecular formula is C20H29N5O3S. The van der Waals surface area contributed by atoms with E-state index in [2.05, 4.69) is 23.9 Å². The monoisotopic (exact) mass is 419 g/mol. The molecule has 0 spiro atoms. The zero-order valence-corrected chi connectivity index (χ0v) is 18.3. The van der Waals surface area contributed by atoms with E-state index in [1.807, 2.05) is 19.1 Å². The highest BCUT2D eigenvalue weighted by molar-refractivity contribution is 7.89. The van der Waals surface area contributed by atoms with Crippen molar-refractivity contribution in [3.8, 4) is 0 Å².